The molecule has 1 aromatic carbocycles. The maximum Gasteiger partial charge on any atom is 0.318 e. The molecule has 0 N–H and O–H groups in total. The van der Waals surface area contributed by atoms with Gasteiger partial charge >= 0.3 is 6.01 Å². The molecule has 0 amide bonds. The second-order valence-corrected chi connectivity index (χ2v) is 4.67. The van der Waals surface area contributed by atoms with Crippen LogP contribution in [0.25, 0.3) is 0 Å². The first-order valence-corrected chi connectivity index (χ1v) is 6.57. The van der Waals surface area contributed by atoms with E-state index in [2.05, 4.69) is 15.0 Å². The van der Waals surface area contributed by atoms with E-state index < -0.39 is 5.82 Å². The van der Waals surface area contributed by atoms with Gasteiger partial charge in [-0.2, -0.15) is 4.98 Å². The number of benzene rings is 1. The van der Waals surface area contributed by atoms with Crippen molar-refractivity contribution in [1.29, 1.82) is 0 Å². The molecule has 2 rings (SSSR count). The first kappa shape index (κ1) is 15.7. The van der Waals surface area contributed by atoms with Crippen molar-refractivity contribution in [3.8, 4) is 11.8 Å². The van der Waals surface area contributed by atoms with E-state index in [1.165, 1.54) is 6.34 Å². The van der Waals surface area contributed by atoms with Crippen molar-refractivity contribution in [1.82, 2.24) is 14.9 Å². The molecule has 0 spiro atoms. The van der Waals surface area contributed by atoms with Crippen LogP contribution in [0.3, 0.4) is 0 Å². The molecule has 7 heteroatoms. The Morgan fingerprint density at radius 2 is 2.18 bits per heavy atom. The number of hydrogen-bond acceptors (Lipinski definition) is 5. The zero-order valence-electron chi connectivity index (χ0n) is 12.7. The maximum atomic E-state index is 13.6. The maximum absolute atomic E-state index is 13.6. The number of aromatic nitrogens is 2. The lowest BCUT2D eigenvalue weighted by Gasteiger charge is -2.07. The highest BCUT2D eigenvalue weighted by Crippen LogP contribution is 2.18. The van der Waals surface area contributed by atoms with Crippen LogP contribution in [0.1, 0.15) is 5.56 Å². The smallest absolute Gasteiger partial charge is 0.318 e. The fourth-order valence-corrected chi connectivity index (χ4v) is 1.58. The summed E-state index contributed by atoms with van der Waals surface area (Å²) in [5.74, 6) is 0.0635. The second-order valence-electron chi connectivity index (χ2n) is 4.67. The zero-order chi connectivity index (χ0) is 15.9. The molecule has 0 unspecified atom stereocenters. The van der Waals surface area contributed by atoms with E-state index >= 15 is 0 Å². The first-order valence-electron chi connectivity index (χ1n) is 6.57. The minimum Gasteiger partial charge on any atom is -0.497 e. The Morgan fingerprint density at radius 3 is 2.91 bits per heavy atom. The third-order valence-electron chi connectivity index (χ3n) is 2.62. The molecule has 0 atom stereocenters. The molecule has 2 aromatic rings. The van der Waals surface area contributed by atoms with Gasteiger partial charge in [-0.15, -0.1) is 0 Å². The SMILES string of the molecule is COc1cccc(COc2ncc(F)c(/N=C/N(C)C)n2)c1. The highest BCUT2D eigenvalue weighted by molar-refractivity contribution is 5.59. The number of ether oxygens (including phenoxy) is 2. The molecule has 0 saturated heterocycles. The summed E-state index contributed by atoms with van der Waals surface area (Å²) in [6.45, 7) is 0.250. The molecule has 0 saturated carbocycles. The topological polar surface area (TPSA) is 59.8 Å². The van der Waals surface area contributed by atoms with Gasteiger partial charge in [0.25, 0.3) is 0 Å². The lowest BCUT2D eigenvalue weighted by molar-refractivity contribution is 0.279. The van der Waals surface area contributed by atoms with Crippen LogP contribution >= 0.6 is 0 Å². The molecule has 116 valence electrons. The molecular formula is C15H17FN4O2. The Balaban J connectivity index is 2.08. The van der Waals surface area contributed by atoms with Gasteiger partial charge in [0.2, 0.25) is 0 Å². The predicted octanol–water partition coefficient (Wildman–Crippen LogP) is 2.42. The number of methoxy groups -OCH3 is 1. The van der Waals surface area contributed by atoms with Gasteiger partial charge < -0.3 is 14.4 Å². The van der Waals surface area contributed by atoms with Gasteiger partial charge in [0, 0.05) is 14.1 Å². The van der Waals surface area contributed by atoms with Crippen LogP contribution in [-0.4, -0.2) is 42.4 Å². The Kier molecular flexibility index (Phi) is 5.24. The quantitative estimate of drug-likeness (QED) is 0.606. The van der Waals surface area contributed by atoms with E-state index in [4.69, 9.17) is 9.47 Å². The van der Waals surface area contributed by atoms with Gasteiger partial charge in [0.1, 0.15) is 12.4 Å². The van der Waals surface area contributed by atoms with E-state index in [1.807, 2.05) is 24.3 Å². The van der Waals surface area contributed by atoms with E-state index in [0.29, 0.717) is 0 Å². The summed E-state index contributed by atoms with van der Waals surface area (Å²) in [6, 6.07) is 7.49. The molecule has 0 radical (unpaired) electrons. The van der Waals surface area contributed by atoms with Crippen molar-refractivity contribution in [2.24, 2.45) is 4.99 Å². The molecule has 0 aliphatic carbocycles. The third-order valence-corrected chi connectivity index (χ3v) is 2.62. The van der Waals surface area contributed by atoms with Crippen LogP contribution in [0.2, 0.25) is 0 Å². The van der Waals surface area contributed by atoms with Crippen molar-refractivity contribution in [3.05, 3.63) is 41.8 Å². The fraction of sp³-hybridized carbons (Fsp3) is 0.267. The molecule has 0 bridgehead atoms. The number of nitrogens with zero attached hydrogens (tertiary/aromatic N) is 4. The average molecular weight is 304 g/mol. The Labute approximate surface area is 128 Å². The summed E-state index contributed by atoms with van der Waals surface area (Å²) >= 11 is 0. The van der Waals surface area contributed by atoms with Crippen LogP contribution in [-0.2, 0) is 6.61 Å². The molecule has 0 aliphatic rings. The van der Waals surface area contributed by atoms with Gasteiger partial charge in [-0.1, -0.05) is 12.1 Å². The van der Waals surface area contributed by atoms with E-state index in [1.54, 1.807) is 26.1 Å². The van der Waals surface area contributed by atoms with Gasteiger partial charge in [0.05, 0.1) is 19.6 Å². The van der Waals surface area contributed by atoms with Crippen molar-refractivity contribution in [2.75, 3.05) is 21.2 Å². The predicted molar refractivity (Wildman–Crippen MR) is 81.2 cm³/mol. The lowest BCUT2D eigenvalue weighted by Crippen LogP contribution is -2.07. The number of rotatable bonds is 6. The molecule has 1 aromatic heterocycles. The standard InChI is InChI=1S/C15H17FN4O2/c1-20(2)10-18-14-13(16)8-17-15(19-14)22-9-11-5-4-6-12(7-11)21-3/h4-8,10H,9H2,1-3H3/b18-10+. The van der Waals surface area contributed by atoms with Gasteiger partial charge in [-0.25, -0.2) is 14.4 Å². The van der Waals surface area contributed by atoms with E-state index in [-0.39, 0.29) is 18.4 Å². The first-order chi connectivity index (χ1) is 10.6. The average Bonchev–Trinajstić information content (AvgIpc) is 2.53. The van der Waals surface area contributed by atoms with Gasteiger partial charge in [-0.05, 0) is 17.7 Å². The molecule has 1 heterocycles. The summed E-state index contributed by atoms with van der Waals surface area (Å²) in [5.41, 5.74) is 0.894. The monoisotopic (exact) mass is 304 g/mol. The van der Waals surface area contributed by atoms with Gasteiger partial charge in [0.15, 0.2) is 11.6 Å². The summed E-state index contributed by atoms with van der Waals surface area (Å²) in [6.07, 6.45) is 2.49. The number of halogens is 1. The van der Waals surface area contributed by atoms with Crippen molar-refractivity contribution in [3.63, 3.8) is 0 Å². The summed E-state index contributed by atoms with van der Waals surface area (Å²) < 4.78 is 24.2. The lowest BCUT2D eigenvalue weighted by atomic mass is 10.2. The Morgan fingerprint density at radius 1 is 1.36 bits per heavy atom. The Hall–Kier alpha value is -2.70. The molecule has 6 nitrogen and oxygen atoms in total. The van der Waals surface area contributed by atoms with Crippen molar-refractivity contribution < 1.29 is 13.9 Å². The normalized spacial score (nSPS) is 10.7. The van der Waals surface area contributed by atoms with Crippen LogP contribution < -0.4 is 9.47 Å². The number of hydrogen-bond donors (Lipinski definition) is 0. The fourth-order valence-electron chi connectivity index (χ4n) is 1.58. The number of aliphatic imine (C=N–C) groups is 1. The molecular weight excluding hydrogens is 287 g/mol. The Bertz CT molecular complexity index is 662. The molecule has 0 fully saturated rings. The van der Waals surface area contributed by atoms with Crippen LogP contribution in [0.4, 0.5) is 10.2 Å². The third kappa shape index (κ3) is 4.41. The summed E-state index contributed by atoms with van der Waals surface area (Å²) in [5, 5.41) is 0. The summed E-state index contributed by atoms with van der Waals surface area (Å²) in [7, 11) is 5.16. The van der Waals surface area contributed by atoms with Crippen LogP contribution in [0.5, 0.6) is 11.8 Å². The molecule has 22 heavy (non-hydrogen) atoms. The van der Waals surface area contributed by atoms with Crippen LogP contribution in [0.15, 0.2) is 35.5 Å². The van der Waals surface area contributed by atoms with E-state index in [9.17, 15) is 4.39 Å². The van der Waals surface area contributed by atoms with E-state index in [0.717, 1.165) is 17.5 Å². The minimum absolute atomic E-state index is 0.0649. The zero-order valence-corrected chi connectivity index (χ0v) is 12.7. The van der Waals surface area contributed by atoms with Crippen LogP contribution in [0, 0.1) is 5.82 Å². The van der Waals surface area contributed by atoms with Crippen molar-refractivity contribution >= 4 is 12.2 Å². The second kappa shape index (κ2) is 7.35. The van der Waals surface area contributed by atoms with Crippen molar-refractivity contribution in [2.45, 2.75) is 6.61 Å². The summed E-state index contributed by atoms with van der Waals surface area (Å²) in [4.78, 5) is 13.3. The highest BCUT2D eigenvalue weighted by atomic mass is 19.1. The minimum atomic E-state index is -0.605. The highest BCUT2D eigenvalue weighted by Gasteiger charge is 2.07. The van der Waals surface area contributed by atoms with Gasteiger partial charge in [-0.3, -0.25) is 0 Å². The largest absolute Gasteiger partial charge is 0.497 e. The molecule has 0 aliphatic heterocycles.